The largest absolute Gasteiger partial charge is 0.397 e. The van der Waals surface area contributed by atoms with E-state index in [1.807, 2.05) is 30.3 Å². The molecular formula is C13H14N2. The summed E-state index contributed by atoms with van der Waals surface area (Å²) >= 11 is 0. The van der Waals surface area contributed by atoms with Crippen LogP contribution in [0, 0.1) is 0 Å². The van der Waals surface area contributed by atoms with Crippen LogP contribution in [0.3, 0.4) is 0 Å². The Bertz CT molecular complexity index is 449. The maximum atomic E-state index is 5.82. The summed E-state index contributed by atoms with van der Waals surface area (Å²) in [5.41, 5.74) is 9.68. The third kappa shape index (κ3) is 1.99. The molecule has 15 heavy (non-hydrogen) atoms. The Balaban J connectivity index is 2.46. The monoisotopic (exact) mass is 198 g/mol. The Morgan fingerprint density at radius 2 is 1.80 bits per heavy atom. The highest BCUT2D eigenvalue weighted by Crippen LogP contribution is 2.19. The molecule has 0 saturated heterocycles. The van der Waals surface area contributed by atoms with Gasteiger partial charge in [-0.2, -0.15) is 0 Å². The summed E-state index contributed by atoms with van der Waals surface area (Å²) in [7, 11) is 0. The lowest BCUT2D eigenvalue weighted by atomic mass is 10.1. The number of nitrogen functional groups attached to an aromatic ring is 1. The molecule has 0 unspecified atom stereocenters. The average molecular weight is 198 g/mol. The highest BCUT2D eigenvalue weighted by molar-refractivity contribution is 5.61. The van der Waals surface area contributed by atoms with E-state index >= 15 is 0 Å². The van der Waals surface area contributed by atoms with Crippen molar-refractivity contribution >= 4 is 5.69 Å². The predicted molar refractivity (Wildman–Crippen MR) is 63.5 cm³/mol. The lowest BCUT2D eigenvalue weighted by Crippen LogP contribution is -1.97. The molecule has 76 valence electrons. The van der Waals surface area contributed by atoms with Gasteiger partial charge >= 0.3 is 0 Å². The van der Waals surface area contributed by atoms with Gasteiger partial charge in [0, 0.05) is 5.56 Å². The molecule has 0 bridgehead atoms. The van der Waals surface area contributed by atoms with Gasteiger partial charge in [-0.05, 0) is 18.6 Å². The van der Waals surface area contributed by atoms with E-state index in [1.165, 1.54) is 0 Å². The molecule has 1 aromatic heterocycles. The van der Waals surface area contributed by atoms with Crippen LogP contribution < -0.4 is 5.73 Å². The first-order valence-corrected chi connectivity index (χ1v) is 5.12. The quantitative estimate of drug-likeness (QED) is 0.805. The highest BCUT2D eigenvalue weighted by Gasteiger charge is 2.02. The van der Waals surface area contributed by atoms with Crippen LogP contribution >= 0.6 is 0 Å². The van der Waals surface area contributed by atoms with E-state index in [-0.39, 0.29) is 0 Å². The smallest absolute Gasteiger partial charge is 0.0706 e. The van der Waals surface area contributed by atoms with Crippen LogP contribution in [0.25, 0.3) is 11.3 Å². The van der Waals surface area contributed by atoms with Crippen molar-refractivity contribution in [1.82, 2.24) is 4.98 Å². The molecule has 2 aromatic rings. The summed E-state index contributed by atoms with van der Waals surface area (Å²) in [6.07, 6.45) is 0.868. The molecule has 0 aliphatic carbocycles. The Labute approximate surface area is 89.8 Å². The van der Waals surface area contributed by atoms with Crippen molar-refractivity contribution < 1.29 is 0 Å². The molecule has 1 heterocycles. The normalized spacial score (nSPS) is 10.2. The van der Waals surface area contributed by atoms with Crippen molar-refractivity contribution in [2.24, 2.45) is 0 Å². The fourth-order valence-corrected chi connectivity index (χ4v) is 1.56. The summed E-state index contributed by atoms with van der Waals surface area (Å²) < 4.78 is 0. The van der Waals surface area contributed by atoms with Crippen molar-refractivity contribution in [1.29, 1.82) is 0 Å². The number of nitrogens with zero attached hydrogens (tertiary/aromatic N) is 1. The van der Waals surface area contributed by atoms with E-state index in [4.69, 9.17) is 5.73 Å². The first-order valence-electron chi connectivity index (χ1n) is 5.12. The van der Waals surface area contributed by atoms with Gasteiger partial charge in [-0.3, -0.25) is 4.98 Å². The third-order valence-corrected chi connectivity index (χ3v) is 2.41. The van der Waals surface area contributed by atoms with E-state index < -0.39 is 0 Å². The summed E-state index contributed by atoms with van der Waals surface area (Å²) in [4.78, 5) is 4.54. The summed E-state index contributed by atoms with van der Waals surface area (Å²) in [5, 5.41) is 0. The zero-order chi connectivity index (χ0) is 10.7. The van der Waals surface area contributed by atoms with Crippen LogP contribution in [-0.4, -0.2) is 4.98 Å². The number of aryl methyl sites for hydroxylation is 1. The zero-order valence-corrected chi connectivity index (χ0v) is 8.77. The number of hydrogen-bond donors (Lipinski definition) is 1. The molecule has 0 fully saturated rings. The topological polar surface area (TPSA) is 38.9 Å². The maximum absolute atomic E-state index is 5.82. The SMILES string of the molecule is CCc1nc(-c2ccccc2)ccc1N. The maximum Gasteiger partial charge on any atom is 0.0706 e. The first kappa shape index (κ1) is 9.71. The van der Waals surface area contributed by atoms with Crippen molar-refractivity contribution in [2.45, 2.75) is 13.3 Å². The highest BCUT2D eigenvalue weighted by atomic mass is 14.8. The molecule has 0 saturated carbocycles. The standard InChI is InChI=1S/C13H14N2/c1-2-12-11(14)8-9-13(15-12)10-6-4-3-5-7-10/h3-9H,2,14H2,1H3. The van der Waals surface area contributed by atoms with Crippen molar-refractivity contribution in [3.63, 3.8) is 0 Å². The average Bonchev–Trinajstić information content (AvgIpc) is 2.31. The van der Waals surface area contributed by atoms with Gasteiger partial charge in [0.2, 0.25) is 0 Å². The minimum Gasteiger partial charge on any atom is -0.397 e. The van der Waals surface area contributed by atoms with E-state index in [9.17, 15) is 0 Å². The van der Waals surface area contributed by atoms with Gasteiger partial charge in [0.15, 0.2) is 0 Å². The Morgan fingerprint density at radius 1 is 1.07 bits per heavy atom. The second-order valence-electron chi connectivity index (χ2n) is 3.45. The Morgan fingerprint density at radius 3 is 2.47 bits per heavy atom. The molecule has 2 nitrogen and oxygen atoms in total. The van der Waals surface area contributed by atoms with E-state index in [2.05, 4.69) is 24.0 Å². The molecular weight excluding hydrogens is 184 g/mol. The van der Waals surface area contributed by atoms with Crippen LogP contribution in [-0.2, 0) is 6.42 Å². The number of hydrogen-bond acceptors (Lipinski definition) is 2. The Kier molecular flexibility index (Phi) is 2.68. The number of rotatable bonds is 2. The zero-order valence-electron chi connectivity index (χ0n) is 8.77. The lowest BCUT2D eigenvalue weighted by Gasteiger charge is -2.05. The molecule has 0 aliphatic rings. The number of aromatic nitrogens is 1. The van der Waals surface area contributed by atoms with E-state index in [0.29, 0.717) is 0 Å². The van der Waals surface area contributed by atoms with Crippen LogP contribution in [0.5, 0.6) is 0 Å². The van der Waals surface area contributed by atoms with E-state index in [0.717, 1.165) is 29.1 Å². The summed E-state index contributed by atoms with van der Waals surface area (Å²) in [6, 6.07) is 14.0. The van der Waals surface area contributed by atoms with Crippen LogP contribution in [0.15, 0.2) is 42.5 Å². The lowest BCUT2D eigenvalue weighted by molar-refractivity contribution is 1.04. The predicted octanol–water partition coefficient (Wildman–Crippen LogP) is 2.89. The Hall–Kier alpha value is -1.83. The van der Waals surface area contributed by atoms with Crippen molar-refractivity contribution in [3.8, 4) is 11.3 Å². The van der Waals surface area contributed by atoms with Gasteiger partial charge in [-0.25, -0.2) is 0 Å². The third-order valence-electron chi connectivity index (χ3n) is 2.41. The van der Waals surface area contributed by atoms with Gasteiger partial charge in [-0.1, -0.05) is 37.3 Å². The fourth-order valence-electron chi connectivity index (χ4n) is 1.56. The molecule has 1 aromatic carbocycles. The summed E-state index contributed by atoms with van der Waals surface area (Å²) in [6.45, 7) is 2.06. The van der Waals surface area contributed by atoms with Gasteiger partial charge in [0.25, 0.3) is 0 Å². The van der Waals surface area contributed by atoms with Gasteiger partial charge in [0.05, 0.1) is 17.1 Å². The molecule has 0 radical (unpaired) electrons. The second kappa shape index (κ2) is 4.13. The minimum absolute atomic E-state index is 0.775. The van der Waals surface area contributed by atoms with Crippen molar-refractivity contribution in [3.05, 3.63) is 48.2 Å². The number of anilines is 1. The van der Waals surface area contributed by atoms with Gasteiger partial charge in [0.1, 0.15) is 0 Å². The molecule has 0 atom stereocenters. The second-order valence-corrected chi connectivity index (χ2v) is 3.45. The molecule has 2 rings (SSSR count). The van der Waals surface area contributed by atoms with Crippen LogP contribution in [0.1, 0.15) is 12.6 Å². The molecule has 2 heteroatoms. The minimum atomic E-state index is 0.775. The number of pyridine rings is 1. The molecule has 0 amide bonds. The summed E-state index contributed by atoms with van der Waals surface area (Å²) in [5.74, 6) is 0. The van der Waals surface area contributed by atoms with Gasteiger partial charge < -0.3 is 5.73 Å². The van der Waals surface area contributed by atoms with Crippen molar-refractivity contribution in [2.75, 3.05) is 5.73 Å². The number of benzene rings is 1. The number of nitrogens with two attached hydrogens (primary N) is 1. The molecule has 2 N–H and O–H groups in total. The van der Waals surface area contributed by atoms with E-state index in [1.54, 1.807) is 0 Å². The molecule has 0 aliphatic heterocycles. The van der Waals surface area contributed by atoms with Crippen LogP contribution in [0.2, 0.25) is 0 Å². The first-order chi connectivity index (χ1) is 7.31. The van der Waals surface area contributed by atoms with Gasteiger partial charge in [-0.15, -0.1) is 0 Å². The fraction of sp³-hybridized carbons (Fsp3) is 0.154. The molecule has 0 spiro atoms. The van der Waals surface area contributed by atoms with Crippen LogP contribution in [0.4, 0.5) is 5.69 Å².